The molecular formula is C16H27NO3. The lowest BCUT2D eigenvalue weighted by Gasteiger charge is -2.27. The fourth-order valence-electron chi connectivity index (χ4n) is 1.88. The van der Waals surface area contributed by atoms with Crippen LogP contribution in [0.4, 0.5) is 0 Å². The van der Waals surface area contributed by atoms with E-state index in [0.717, 1.165) is 12.0 Å². The maximum absolute atomic E-state index is 10.6. The molecule has 0 radical (unpaired) electrons. The minimum absolute atomic E-state index is 0.177. The monoisotopic (exact) mass is 281 g/mol. The SMILES string of the molecule is COC(C)(C)CCOCCC(O)(CN)c1ccccc1. The summed E-state index contributed by atoms with van der Waals surface area (Å²) in [6.07, 6.45) is 1.30. The van der Waals surface area contributed by atoms with Crippen LogP contribution in [0.15, 0.2) is 30.3 Å². The molecule has 0 saturated heterocycles. The molecule has 4 heteroatoms. The molecule has 1 rings (SSSR count). The van der Waals surface area contributed by atoms with Gasteiger partial charge in [0.15, 0.2) is 0 Å². The van der Waals surface area contributed by atoms with Gasteiger partial charge in [-0.1, -0.05) is 30.3 Å². The summed E-state index contributed by atoms with van der Waals surface area (Å²) in [5.74, 6) is 0. The molecule has 0 bridgehead atoms. The number of aliphatic hydroxyl groups is 1. The molecule has 1 unspecified atom stereocenters. The molecule has 1 atom stereocenters. The van der Waals surface area contributed by atoms with E-state index in [4.69, 9.17) is 15.2 Å². The average molecular weight is 281 g/mol. The number of ether oxygens (including phenoxy) is 2. The molecule has 0 saturated carbocycles. The van der Waals surface area contributed by atoms with Crippen LogP contribution in [-0.2, 0) is 15.1 Å². The Bertz CT molecular complexity index is 381. The Morgan fingerprint density at radius 1 is 1.10 bits per heavy atom. The molecule has 20 heavy (non-hydrogen) atoms. The van der Waals surface area contributed by atoms with E-state index in [0.29, 0.717) is 19.6 Å². The van der Waals surface area contributed by atoms with Crippen molar-refractivity contribution >= 4 is 0 Å². The van der Waals surface area contributed by atoms with Crippen molar-refractivity contribution in [2.24, 2.45) is 5.73 Å². The van der Waals surface area contributed by atoms with Gasteiger partial charge in [0.05, 0.1) is 5.60 Å². The van der Waals surface area contributed by atoms with Crippen molar-refractivity contribution in [3.8, 4) is 0 Å². The van der Waals surface area contributed by atoms with E-state index in [2.05, 4.69) is 0 Å². The number of benzene rings is 1. The third-order valence-electron chi connectivity index (χ3n) is 3.71. The zero-order chi connectivity index (χ0) is 15.1. The number of rotatable bonds is 9. The van der Waals surface area contributed by atoms with Crippen LogP contribution in [0, 0.1) is 0 Å². The van der Waals surface area contributed by atoms with Crippen molar-refractivity contribution in [3.63, 3.8) is 0 Å². The second-order valence-corrected chi connectivity index (χ2v) is 5.68. The van der Waals surface area contributed by atoms with Gasteiger partial charge in [-0.05, 0) is 25.8 Å². The van der Waals surface area contributed by atoms with Crippen LogP contribution in [0.25, 0.3) is 0 Å². The Morgan fingerprint density at radius 2 is 1.70 bits per heavy atom. The van der Waals surface area contributed by atoms with Gasteiger partial charge in [0.25, 0.3) is 0 Å². The molecule has 0 aliphatic heterocycles. The predicted octanol–water partition coefficient (Wildman–Crippen LogP) is 2.05. The summed E-state index contributed by atoms with van der Waals surface area (Å²) in [4.78, 5) is 0. The molecule has 0 amide bonds. The molecule has 1 aromatic carbocycles. The van der Waals surface area contributed by atoms with E-state index in [1.54, 1.807) is 7.11 Å². The van der Waals surface area contributed by atoms with Gasteiger partial charge in [-0.2, -0.15) is 0 Å². The van der Waals surface area contributed by atoms with Gasteiger partial charge < -0.3 is 20.3 Å². The minimum Gasteiger partial charge on any atom is -0.384 e. The standard InChI is InChI=1S/C16H27NO3/c1-15(2,19-3)9-11-20-12-10-16(18,13-17)14-7-5-4-6-8-14/h4-8,18H,9-13,17H2,1-3H3. The highest BCUT2D eigenvalue weighted by Crippen LogP contribution is 2.23. The zero-order valence-electron chi connectivity index (χ0n) is 12.8. The molecule has 0 heterocycles. The number of nitrogens with two attached hydrogens (primary N) is 1. The first-order chi connectivity index (χ1) is 9.43. The van der Waals surface area contributed by atoms with E-state index in [9.17, 15) is 5.11 Å². The summed E-state index contributed by atoms with van der Waals surface area (Å²) in [5.41, 5.74) is 5.36. The molecular weight excluding hydrogens is 254 g/mol. The van der Waals surface area contributed by atoms with Gasteiger partial charge in [-0.3, -0.25) is 0 Å². The highest BCUT2D eigenvalue weighted by Gasteiger charge is 2.27. The van der Waals surface area contributed by atoms with E-state index in [-0.39, 0.29) is 12.1 Å². The highest BCUT2D eigenvalue weighted by atomic mass is 16.5. The minimum atomic E-state index is -1.02. The lowest BCUT2D eigenvalue weighted by Crippen LogP contribution is -2.36. The van der Waals surface area contributed by atoms with E-state index >= 15 is 0 Å². The number of hydrogen-bond acceptors (Lipinski definition) is 4. The maximum Gasteiger partial charge on any atom is 0.104 e. The molecule has 0 spiro atoms. The van der Waals surface area contributed by atoms with E-state index in [1.165, 1.54) is 0 Å². The molecule has 0 fully saturated rings. The van der Waals surface area contributed by atoms with Crippen molar-refractivity contribution in [3.05, 3.63) is 35.9 Å². The predicted molar refractivity (Wildman–Crippen MR) is 80.5 cm³/mol. The fourth-order valence-corrected chi connectivity index (χ4v) is 1.88. The Labute approximate surface area is 121 Å². The summed E-state index contributed by atoms with van der Waals surface area (Å²) < 4.78 is 10.9. The van der Waals surface area contributed by atoms with Crippen molar-refractivity contribution in [2.75, 3.05) is 26.9 Å². The van der Waals surface area contributed by atoms with Gasteiger partial charge in [0, 0.05) is 33.3 Å². The van der Waals surface area contributed by atoms with Crippen LogP contribution in [-0.4, -0.2) is 37.6 Å². The second-order valence-electron chi connectivity index (χ2n) is 5.68. The van der Waals surface area contributed by atoms with Crippen LogP contribution in [0.5, 0.6) is 0 Å². The summed E-state index contributed by atoms with van der Waals surface area (Å²) in [6.45, 7) is 5.32. The highest BCUT2D eigenvalue weighted by molar-refractivity contribution is 5.22. The molecule has 114 valence electrons. The third-order valence-corrected chi connectivity index (χ3v) is 3.71. The second kappa shape index (κ2) is 7.74. The van der Waals surface area contributed by atoms with Crippen LogP contribution >= 0.6 is 0 Å². The average Bonchev–Trinajstić information content (AvgIpc) is 2.47. The van der Waals surface area contributed by atoms with Gasteiger partial charge in [0.1, 0.15) is 5.60 Å². The Kier molecular flexibility index (Phi) is 6.62. The summed E-state index contributed by atoms with van der Waals surface area (Å²) in [5, 5.41) is 10.6. The Balaban J connectivity index is 2.39. The smallest absolute Gasteiger partial charge is 0.104 e. The Hall–Kier alpha value is -0.940. The lowest BCUT2D eigenvalue weighted by atomic mass is 9.91. The largest absolute Gasteiger partial charge is 0.384 e. The van der Waals surface area contributed by atoms with Crippen molar-refractivity contribution in [2.45, 2.75) is 37.9 Å². The van der Waals surface area contributed by atoms with E-state index in [1.807, 2.05) is 44.2 Å². The first-order valence-corrected chi connectivity index (χ1v) is 7.04. The van der Waals surface area contributed by atoms with Gasteiger partial charge in [0.2, 0.25) is 0 Å². The van der Waals surface area contributed by atoms with Crippen LogP contribution in [0.2, 0.25) is 0 Å². The van der Waals surface area contributed by atoms with Crippen molar-refractivity contribution < 1.29 is 14.6 Å². The maximum atomic E-state index is 10.6. The number of hydrogen-bond donors (Lipinski definition) is 2. The lowest BCUT2D eigenvalue weighted by molar-refractivity contribution is -0.0266. The zero-order valence-corrected chi connectivity index (χ0v) is 12.8. The summed E-state index contributed by atoms with van der Waals surface area (Å²) in [6, 6.07) is 9.50. The van der Waals surface area contributed by atoms with E-state index < -0.39 is 5.60 Å². The van der Waals surface area contributed by atoms with Crippen LogP contribution in [0.3, 0.4) is 0 Å². The first kappa shape index (κ1) is 17.1. The summed E-state index contributed by atoms with van der Waals surface area (Å²) in [7, 11) is 1.70. The quantitative estimate of drug-likeness (QED) is 0.680. The summed E-state index contributed by atoms with van der Waals surface area (Å²) >= 11 is 0. The van der Waals surface area contributed by atoms with Crippen molar-refractivity contribution in [1.29, 1.82) is 0 Å². The van der Waals surface area contributed by atoms with Crippen molar-refractivity contribution in [1.82, 2.24) is 0 Å². The third kappa shape index (κ3) is 5.21. The molecule has 3 N–H and O–H groups in total. The fraction of sp³-hybridized carbons (Fsp3) is 0.625. The number of methoxy groups -OCH3 is 1. The molecule has 4 nitrogen and oxygen atoms in total. The van der Waals surface area contributed by atoms with Gasteiger partial charge in [-0.15, -0.1) is 0 Å². The first-order valence-electron chi connectivity index (χ1n) is 7.04. The van der Waals surface area contributed by atoms with Crippen LogP contribution < -0.4 is 5.73 Å². The van der Waals surface area contributed by atoms with Gasteiger partial charge in [-0.25, -0.2) is 0 Å². The Morgan fingerprint density at radius 3 is 2.25 bits per heavy atom. The molecule has 0 aliphatic rings. The van der Waals surface area contributed by atoms with Gasteiger partial charge >= 0.3 is 0 Å². The molecule has 1 aromatic rings. The molecule has 0 aliphatic carbocycles. The normalized spacial score (nSPS) is 15.1. The van der Waals surface area contributed by atoms with Crippen LogP contribution in [0.1, 0.15) is 32.3 Å². The molecule has 0 aromatic heterocycles. The topological polar surface area (TPSA) is 64.7 Å².